The Morgan fingerprint density at radius 2 is 1.81 bits per heavy atom. The van der Waals surface area contributed by atoms with Crippen molar-refractivity contribution in [2.24, 2.45) is 0 Å². The first-order valence-electron chi connectivity index (χ1n) is 8.71. The number of amides is 1. The molecule has 1 aromatic heterocycles. The normalized spacial score (nSPS) is 10.7. The SMILES string of the molecule is CCCc1c(C(=O)NCCc2ccccc2)nnn1-c1ccc(Cl)cc1. The lowest BCUT2D eigenvalue weighted by atomic mass is 10.1. The second-order valence-corrected chi connectivity index (χ2v) is 6.45. The van der Waals surface area contributed by atoms with Crippen molar-refractivity contribution in [3.8, 4) is 5.69 Å². The third-order valence-electron chi connectivity index (χ3n) is 4.08. The monoisotopic (exact) mass is 368 g/mol. The van der Waals surface area contributed by atoms with E-state index < -0.39 is 0 Å². The molecule has 0 saturated heterocycles. The Bertz CT molecular complexity index is 859. The number of benzene rings is 2. The van der Waals surface area contributed by atoms with Crippen molar-refractivity contribution in [3.05, 3.63) is 76.6 Å². The predicted molar refractivity (Wildman–Crippen MR) is 103 cm³/mol. The molecule has 3 rings (SSSR count). The summed E-state index contributed by atoms with van der Waals surface area (Å²) in [5.41, 5.74) is 3.22. The number of nitrogens with one attached hydrogen (secondary N) is 1. The van der Waals surface area contributed by atoms with Crippen LogP contribution in [0.15, 0.2) is 54.6 Å². The van der Waals surface area contributed by atoms with E-state index in [1.54, 1.807) is 16.8 Å². The summed E-state index contributed by atoms with van der Waals surface area (Å²) >= 11 is 5.95. The molecule has 0 aliphatic heterocycles. The van der Waals surface area contributed by atoms with Gasteiger partial charge < -0.3 is 5.32 Å². The Morgan fingerprint density at radius 1 is 1.08 bits per heavy atom. The topological polar surface area (TPSA) is 59.8 Å². The smallest absolute Gasteiger partial charge is 0.273 e. The zero-order valence-electron chi connectivity index (χ0n) is 14.7. The second kappa shape index (κ2) is 8.63. The summed E-state index contributed by atoms with van der Waals surface area (Å²) in [6.07, 6.45) is 2.39. The minimum absolute atomic E-state index is 0.190. The molecule has 0 bridgehead atoms. The summed E-state index contributed by atoms with van der Waals surface area (Å²) in [6, 6.07) is 17.4. The van der Waals surface area contributed by atoms with Crippen molar-refractivity contribution < 1.29 is 4.79 Å². The van der Waals surface area contributed by atoms with Crippen LogP contribution in [0.4, 0.5) is 0 Å². The third-order valence-corrected chi connectivity index (χ3v) is 4.33. The molecule has 0 fully saturated rings. The number of hydrogen-bond acceptors (Lipinski definition) is 3. The van der Waals surface area contributed by atoms with Crippen LogP contribution in [0.1, 0.15) is 35.1 Å². The van der Waals surface area contributed by atoms with Crippen LogP contribution in [0.3, 0.4) is 0 Å². The lowest BCUT2D eigenvalue weighted by Crippen LogP contribution is -2.27. The summed E-state index contributed by atoms with van der Waals surface area (Å²) in [5.74, 6) is -0.190. The Labute approximate surface area is 158 Å². The molecule has 1 amide bonds. The summed E-state index contributed by atoms with van der Waals surface area (Å²) in [4.78, 5) is 12.6. The molecule has 2 aromatic carbocycles. The number of rotatable bonds is 7. The quantitative estimate of drug-likeness (QED) is 0.689. The fourth-order valence-electron chi connectivity index (χ4n) is 2.78. The van der Waals surface area contributed by atoms with E-state index in [-0.39, 0.29) is 5.91 Å². The van der Waals surface area contributed by atoms with E-state index in [0.717, 1.165) is 30.6 Å². The van der Waals surface area contributed by atoms with Crippen molar-refractivity contribution in [1.82, 2.24) is 20.3 Å². The molecule has 0 unspecified atom stereocenters. The first-order valence-corrected chi connectivity index (χ1v) is 9.09. The minimum atomic E-state index is -0.190. The maximum absolute atomic E-state index is 12.6. The molecule has 6 heteroatoms. The van der Waals surface area contributed by atoms with Gasteiger partial charge in [0.1, 0.15) is 0 Å². The number of carbonyl (C=O) groups is 1. The predicted octanol–water partition coefficient (Wildman–Crippen LogP) is 3.85. The Hall–Kier alpha value is -2.66. The largest absolute Gasteiger partial charge is 0.350 e. The number of hydrogen-bond donors (Lipinski definition) is 1. The van der Waals surface area contributed by atoms with Gasteiger partial charge in [0.2, 0.25) is 0 Å². The van der Waals surface area contributed by atoms with E-state index in [1.165, 1.54) is 5.56 Å². The van der Waals surface area contributed by atoms with Crippen molar-refractivity contribution in [3.63, 3.8) is 0 Å². The molecule has 5 nitrogen and oxygen atoms in total. The average molecular weight is 369 g/mol. The molecule has 0 saturated carbocycles. The highest BCUT2D eigenvalue weighted by Gasteiger charge is 2.19. The van der Waals surface area contributed by atoms with Gasteiger partial charge in [0.05, 0.1) is 11.4 Å². The van der Waals surface area contributed by atoms with Gasteiger partial charge in [0, 0.05) is 11.6 Å². The summed E-state index contributed by atoms with van der Waals surface area (Å²) < 4.78 is 1.71. The van der Waals surface area contributed by atoms with Crippen molar-refractivity contribution in [2.75, 3.05) is 6.54 Å². The van der Waals surface area contributed by atoms with Crippen LogP contribution >= 0.6 is 11.6 Å². The molecule has 134 valence electrons. The highest BCUT2D eigenvalue weighted by atomic mass is 35.5. The van der Waals surface area contributed by atoms with Crippen LogP contribution in [-0.4, -0.2) is 27.4 Å². The molecule has 0 aliphatic carbocycles. The summed E-state index contributed by atoms with van der Waals surface area (Å²) in [6.45, 7) is 2.62. The Morgan fingerprint density at radius 3 is 2.50 bits per heavy atom. The number of halogens is 1. The highest BCUT2D eigenvalue weighted by Crippen LogP contribution is 2.17. The first-order chi connectivity index (χ1) is 12.7. The van der Waals surface area contributed by atoms with Crippen LogP contribution in [-0.2, 0) is 12.8 Å². The average Bonchev–Trinajstić information content (AvgIpc) is 3.07. The standard InChI is InChI=1S/C20H21ClN4O/c1-2-6-18-19(20(26)22-14-13-15-7-4-3-5-8-15)23-24-25(18)17-11-9-16(21)10-12-17/h3-5,7-12H,2,6,13-14H2,1H3,(H,22,26). The number of carbonyl (C=O) groups excluding carboxylic acids is 1. The van der Waals surface area contributed by atoms with Crippen LogP contribution < -0.4 is 5.32 Å². The van der Waals surface area contributed by atoms with Gasteiger partial charge in [-0.2, -0.15) is 0 Å². The molecule has 1 N–H and O–H groups in total. The van der Waals surface area contributed by atoms with E-state index in [2.05, 4.69) is 22.6 Å². The van der Waals surface area contributed by atoms with E-state index in [1.807, 2.05) is 42.5 Å². The van der Waals surface area contributed by atoms with Gasteiger partial charge >= 0.3 is 0 Å². The van der Waals surface area contributed by atoms with E-state index >= 15 is 0 Å². The van der Waals surface area contributed by atoms with E-state index in [9.17, 15) is 4.79 Å². The molecule has 0 atom stereocenters. The lowest BCUT2D eigenvalue weighted by Gasteiger charge is -2.08. The molecular formula is C20H21ClN4O. The fraction of sp³-hybridized carbons (Fsp3) is 0.250. The molecular weight excluding hydrogens is 348 g/mol. The van der Waals surface area contributed by atoms with Crippen molar-refractivity contribution >= 4 is 17.5 Å². The summed E-state index contributed by atoms with van der Waals surface area (Å²) in [7, 11) is 0. The highest BCUT2D eigenvalue weighted by molar-refractivity contribution is 6.30. The van der Waals surface area contributed by atoms with Gasteiger partial charge in [-0.15, -0.1) is 5.10 Å². The maximum Gasteiger partial charge on any atom is 0.273 e. The van der Waals surface area contributed by atoms with E-state index in [4.69, 9.17) is 11.6 Å². The van der Waals surface area contributed by atoms with Crippen molar-refractivity contribution in [1.29, 1.82) is 0 Å². The van der Waals surface area contributed by atoms with Gasteiger partial charge in [-0.1, -0.05) is 60.5 Å². The van der Waals surface area contributed by atoms with Gasteiger partial charge in [-0.05, 0) is 42.7 Å². The third kappa shape index (κ3) is 4.29. The van der Waals surface area contributed by atoms with Crippen LogP contribution in [0, 0.1) is 0 Å². The molecule has 0 radical (unpaired) electrons. The lowest BCUT2D eigenvalue weighted by molar-refractivity contribution is 0.0948. The number of nitrogens with zero attached hydrogens (tertiary/aromatic N) is 3. The molecule has 1 heterocycles. The summed E-state index contributed by atoms with van der Waals surface area (Å²) in [5, 5.41) is 11.9. The van der Waals surface area contributed by atoms with Gasteiger partial charge in [0.15, 0.2) is 5.69 Å². The zero-order chi connectivity index (χ0) is 18.4. The molecule has 0 aliphatic rings. The van der Waals surface area contributed by atoms with Gasteiger partial charge in [0.25, 0.3) is 5.91 Å². The van der Waals surface area contributed by atoms with Crippen LogP contribution in [0.5, 0.6) is 0 Å². The van der Waals surface area contributed by atoms with Crippen molar-refractivity contribution in [2.45, 2.75) is 26.2 Å². The number of aromatic nitrogens is 3. The molecule has 0 spiro atoms. The molecule has 26 heavy (non-hydrogen) atoms. The zero-order valence-corrected chi connectivity index (χ0v) is 15.4. The maximum atomic E-state index is 12.6. The van der Waals surface area contributed by atoms with Crippen LogP contribution in [0.2, 0.25) is 5.02 Å². The fourth-order valence-corrected chi connectivity index (χ4v) is 2.90. The van der Waals surface area contributed by atoms with E-state index in [0.29, 0.717) is 17.3 Å². The Balaban J connectivity index is 1.74. The first kappa shape index (κ1) is 18.1. The van der Waals surface area contributed by atoms with Gasteiger partial charge in [-0.25, -0.2) is 4.68 Å². The van der Waals surface area contributed by atoms with Crippen LogP contribution in [0.25, 0.3) is 5.69 Å². The van der Waals surface area contributed by atoms with Gasteiger partial charge in [-0.3, -0.25) is 4.79 Å². The minimum Gasteiger partial charge on any atom is -0.350 e. The Kier molecular flexibility index (Phi) is 6.02. The second-order valence-electron chi connectivity index (χ2n) is 6.01. The molecule has 3 aromatic rings.